The molecule has 2 rings (SSSR count). The van der Waals surface area contributed by atoms with Gasteiger partial charge in [0.25, 0.3) is 0 Å². The summed E-state index contributed by atoms with van der Waals surface area (Å²) in [6.45, 7) is 1.13. The summed E-state index contributed by atoms with van der Waals surface area (Å²) in [4.78, 5) is 2.40. The van der Waals surface area contributed by atoms with E-state index in [-0.39, 0.29) is 0 Å². The summed E-state index contributed by atoms with van der Waals surface area (Å²) in [5, 5.41) is 9.22. The van der Waals surface area contributed by atoms with Gasteiger partial charge in [0.05, 0.1) is 0 Å². The van der Waals surface area contributed by atoms with Crippen LogP contribution in [0, 0.1) is 0 Å². The van der Waals surface area contributed by atoms with Crippen molar-refractivity contribution >= 4 is 21.7 Å². The first kappa shape index (κ1) is 10.9. The highest BCUT2D eigenvalue weighted by atomic mass is 79.9. The molecule has 1 aliphatic rings. The molecular weight excluding hydrogens is 254 g/mol. The van der Waals surface area contributed by atoms with Gasteiger partial charge in [-0.1, -0.05) is 15.9 Å². The molecule has 1 saturated heterocycles. The van der Waals surface area contributed by atoms with Crippen LogP contribution in [0.25, 0.3) is 0 Å². The van der Waals surface area contributed by atoms with Crippen molar-refractivity contribution in [2.75, 3.05) is 16.8 Å². The Morgan fingerprint density at radius 2 is 2.47 bits per heavy atom. The molecule has 1 atom stereocenters. The van der Waals surface area contributed by atoms with Gasteiger partial charge in [-0.05, 0) is 37.8 Å². The fraction of sp³-hybridized carbons (Fsp3) is 0.636. The molecule has 0 radical (unpaired) electrons. The molecule has 0 spiro atoms. The third-order valence-corrected chi connectivity index (χ3v) is 3.46. The standard InChI is InChI=1S/C11H16BrN3/c12-7-1-4-10-5-3-9-15(10)11-6-2-8-13-14-11/h2,6,8,10H,1,3-5,7,9H2. The summed E-state index contributed by atoms with van der Waals surface area (Å²) >= 11 is 3.49. The lowest BCUT2D eigenvalue weighted by molar-refractivity contribution is 0.598. The minimum Gasteiger partial charge on any atom is -0.352 e. The van der Waals surface area contributed by atoms with E-state index in [2.05, 4.69) is 37.1 Å². The smallest absolute Gasteiger partial charge is 0.151 e. The summed E-state index contributed by atoms with van der Waals surface area (Å²) < 4.78 is 0. The Hall–Kier alpha value is -0.640. The summed E-state index contributed by atoms with van der Waals surface area (Å²) in [7, 11) is 0. The van der Waals surface area contributed by atoms with Crippen LogP contribution < -0.4 is 4.90 Å². The lowest BCUT2D eigenvalue weighted by Crippen LogP contribution is -2.30. The number of hydrogen-bond acceptors (Lipinski definition) is 3. The SMILES string of the molecule is BrCCCC1CCCN1c1cccnn1. The minimum atomic E-state index is 0.666. The third-order valence-electron chi connectivity index (χ3n) is 2.90. The maximum atomic E-state index is 4.18. The van der Waals surface area contributed by atoms with E-state index in [1.165, 1.54) is 25.7 Å². The van der Waals surface area contributed by atoms with Gasteiger partial charge in [0, 0.05) is 24.1 Å². The summed E-state index contributed by atoms with van der Waals surface area (Å²) in [5.41, 5.74) is 0. The van der Waals surface area contributed by atoms with E-state index in [1.807, 2.05) is 6.07 Å². The molecule has 1 unspecified atom stereocenters. The molecule has 2 heterocycles. The van der Waals surface area contributed by atoms with Crippen LogP contribution >= 0.6 is 15.9 Å². The Labute approximate surface area is 99.0 Å². The minimum absolute atomic E-state index is 0.666. The molecule has 0 saturated carbocycles. The number of halogens is 1. The van der Waals surface area contributed by atoms with Crippen molar-refractivity contribution in [3.8, 4) is 0 Å². The molecule has 3 nitrogen and oxygen atoms in total. The highest BCUT2D eigenvalue weighted by Crippen LogP contribution is 2.25. The number of nitrogens with zero attached hydrogens (tertiary/aromatic N) is 3. The lowest BCUT2D eigenvalue weighted by Gasteiger charge is -2.24. The molecule has 0 N–H and O–H groups in total. The molecular formula is C11H16BrN3. The Morgan fingerprint density at radius 1 is 1.53 bits per heavy atom. The largest absolute Gasteiger partial charge is 0.352 e. The second-order valence-corrected chi connectivity index (χ2v) is 4.70. The Morgan fingerprint density at radius 3 is 3.20 bits per heavy atom. The summed E-state index contributed by atoms with van der Waals surface area (Å²) in [6, 6.07) is 4.68. The van der Waals surface area contributed by atoms with Gasteiger partial charge in [-0.15, -0.1) is 5.10 Å². The van der Waals surface area contributed by atoms with Gasteiger partial charge in [-0.3, -0.25) is 0 Å². The first-order valence-corrected chi connectivity index (χ1v) is 6.64. The zero-order valence-corrected chi connectivity index (χ0v) is 10.4. The van der Waals surface area contributed by atoms with Crippen LogP contribution in [0.3, 0.4) is 0 Å². The van der Waals surface area contributed by atoms with Gasteiger partial charge in [0.2, 0.25) is 0 Å². The maximum absolute atomic E-state index is 4.18. The van der Waals surface area contributed by atoms with Crippen LogP contribution in [0.1, 0.15) is 25.7 Å². The quantitative estimate of drug-likeness (QED) is 0.787. The van der Waals surface area contributed by atoms with E-state index in [0.717, 1.165) is 17.7 Å². The predicted molar refractivity (Wildman–Crippen MR) is 65.4 cm³/mol. The van der Waals surface area contributed by atoms with E-state index in [4.69, 9.17) is 0 Å². The molecule has 0 amide bonds. The fourth-order valence-corrected chi connectivity index (χ4v) is 2.52. The molecule has 0 aliphatic carbocycles. The number of alkyl halides is 1. The topological polar surface area (TPSA) is 29.0 Å². The van der Waals surface area contributed by atoms with Crippen LogP contribution in [0.15, 0.2) is 18.3 Å². The van der Waals surface area contributed by atoms with E-state index in [0.29, 0.717) is 6.04 Å². The van der Waals surface area contributed by atoms with Crippen molar-refractivity contribution in [2.24, 2.45) is 0 Å². The van der Waals surface area contributed by atoms with Crippen molar-refractivity contribution in [3.05, 3.63) is 18.3 Å². The second-order valence-electron chi connectivity index (χ2n) is 3.90. The van der Waals surface area contributed by atoms with Crippen molar-refractivity contribution in [3.63, 3.8) is 0 Å². The fourth-order valence-electron chi connectivity index (χ4n) is 2.20. The molecule has 15 heavy (non-hydrogen) atoms. The van der Waals surface area contributed by atoms with Crippen LogP contribution in [0.2, 0.25) is 0 Å². The summed E-state index contributed by atoms with van der Waals surface area (Å²) in [6.07, 6.45) is 6.80. The first-order chi connectivity index (χ1) is 7.42. The molecule has 4 heteroatoms. The van der Waals surface area contributed by atoms with Gasteiger partial charge in [0.15, 0.2) is 5.82 Å². The lowest BCUT2D eigenvalue weighted by atomic mass is 10.1. The van der Waals surface area contributed by atoms with Gasteiger partial charge in [-0.2, -0.15) is 5.10 Å². The molecule has 1 aromatic heterocycles. The average molecular weight is 270 g/mol. The monoisotopic (exact) mass is 269 g/mol. The Kier molecular flexibility index (Phi) is 3.94. The van der Waals surface area contributed by atoms with Gasteiger partial charge < -0.3 is 4.90 Å². The number of rotatable bonds is 4. The Bertz CT molecular complexity index is 291. The molecule has 1 aromatic rings. The second kappa shape index (κ2) is 5.45. The van der Waals surface area contributed by atoms with Gasteiger partial charge in [-0.25, -0.2) is 0 Å². The first-order valence-electron chi connectivity index (χ1n) is 5.52. The van der Waals surface area contributed by atoms with Crippen LogP contribution in [-0.2, 0) is 0 Å². The van der Waals surface area contributed by atoms with Crippen molar-refractivity contribution in [2.45, 2.75) is 31.7 Å². The van der Waals surface area contributed by atoms with E-state index in [1.54, 1.807) is 6.20 Å². The number of hydrogen-bond donors (Lipinski definition) is 0. The van der Waals surface area contributed by atoms with Crippen LogP contribution in [0.5, 0.6) is 0 Å². The van der Waals surface area contributed by atoms with Crippen molar-refractivity contribution < 1.29 is 0 Å². The molecule has 0 aromatic carbocycles. The van der Waals surface area contributed by atoms with Gasteiger partial charge in [0.1, 0.15) is 0 Å². The zero-order chi connectivity index (χ0) is 10.5. The molecule has 1 aliphatic heterocycles. The van der Waals surface area contributed by atoms with E-state index in [9.17, 15) is 0 Å². The highest BCUT2D eigenvalue weighted by molar-refractivity contribution is 9.09. The van der Waals surface area contributed by atoms with Crippen LogP contribution in [0.4, 0.5) is 5.82 Å². The number of aromatic nitrogens is 2. The summed E-state index contributed by atoms with van der Waals surface area (Å²) in [5.74, 6) is 1.04. The maximum Gasteiger partial charge on any atom is 0.151 e. The van der Waals surface area contributed by atoms with Crippen LogP contribution in [-0.4, -0.2) is 28.1 Å². The molecule has 82 valence electrons. The predicted octanol–water partition coefficient (Wildman–Crippen LogP) is 2.62. The highest BCUT2D eigenvalue weighted by Gasteiger charge is 2.24. The van der Waals surface area contributed by atoms with E-state index >= 15 is 0 Å². The van der Waals surface area contributed by atoms with Gasteiger partial charge >= 0.3 is 0 Å². The van der Waals surface area contributed by atoms with E-state index < -0.39 is 0 Å². The Balaban J connectivity index is 2.01. The van der Waals surface area contributed by atoms with Crippen molar-refractivity contribution in [1.29, 1.82) is 0 Å². The third kappa shape index (κ3) is 2.68. The number of anilines is 1. The zero-order valence-electron chi connectivity index (χ0n) is 8.77. The van der Waals surface area contributed by atoms with Crippen molar-refractivity contribution in [1.82, 2.24) is 10.2 Å². The molecule has 0 bridgehead atoms. The molecule has 1 fully saturated rings. The normalized spacial score (nSPS) is 20.9. The average Bonchev–Trinajstić information content (AvgIpc) is 2.75.